The largest absolute Gasteiger partial charge is 0.492 e. The topological polar surface area (TPSA) is 44.1 Å². The number of ketones is 1. The van der Waals surface area contributed by atoms with Crippen LogP contribution in [0.1, 0.15) is 27.2 Å². The molecule has 1 aliphatic heterocycles. The normalized spacial score (nSPS) is 13.2. The Morgan fingerprint density at radius 1 is 1.39 bits per heavy atom. The van der Waals surface area contributed by atoms with E-state index in [0.717, 1.165) is 23.4 Å². The molecule has 2 aromatic rings. The third-order valence-corrected chi connectivity index (χ3v) is 3.44. The standard InChI is InChI=1S/C14H14N2O2/c1-9-12(8-15-16(9)2)13(17)11-5-3-4-10-6-7-18-14(10)11/h3-5,8H,6-7H2,1-2H3. The molecule has 0 aliphatic carbocycles. The quantitative estimate of drug-likeness (QED) is 0.755. The molecule has 0 N–H and O–H groups in total. The molecular weight excluding hydrogens is 228 g/mol. The number of carbonyl (C=O) groups excluding carboxylic acids is 1. The van der Waals surface area contributed by atoms with Gasteiger partial charge in [0.05, 0.1) is 23.9 Å². The highest BCUT2D eigenvalue weighted by Gasteiger charge is 2.23. The molecule has 0 radical (unpaired) electrons. The van der Waals surface area contributed by atoms with E-state index >= 15 is 0 Å². The minimum atomic E-state index is -0.0145. The predicted octanol–water partition coefficient (Wildman–Crippen LogP) is 1.89. The molecule has 0 saturated carbocycles. The van der Waals surface area contributed by atoms with E-state index in [4.69, 9.17) is 4.74 Å². The van der Waals surface area contributed by atoms with Crippen molar-refractivity contribution in [3.8, 4) is 5.75 Å². The van der Waals surface area contributed by atoms with Gasteiger partial charge >= 0.3 is 0 Å². The summed E-state index contributed by atoms with van der Waals surface area (Å²) in [5, 5.41) is 4.11. The summed E-state index contributed by atoms with van der Waals surface area (Å²) in [4.78, 5) is 12.5. The Hall–Kier alpha value is -2.10. The van der Waals surface area contributed by atoms with Crippen molar-refractivity contribution in [1.29, 1.82) is 0 Å². The van der Waals surface area contributed by atoms with Crippen molar-refractivity contribution in [1.82, 2.24) is 9.78 Å². The number of nitrogens with zero attached hydrogens (tertiary/aromatic N) is 2. The van der Waals surface area contributed by atoms with Crippen molar-refractivity contribution in [2.45, 2.75) is 13.3 Å². The molecule has 2 heterocycles. The number of para-hydroxylation sites is 1. The fraction of sp³-hybridized carbons (Fsp3) is 0.286. The van der Waals surface area contributed by atoms with Crippen molar-refractivity contribution < 1.29 is 9.53 Å². The van der Waals surface area contributed by atoms with Gasteiger partial charge in [0.2, 0.25) is 0 Å². The van der Waals surface area contributed by atoms with Gasteiger partial charge in [-0.25, -0.2) is 0 Å². The van der Waals surface area contributed by atoms with Crippen LogP contribution in [-0.2, 0) is 13.5 Å². The lowest BCUT2D eigenvalue weighted by molar-refractivity contribution is 0.103. The van der Waals surface area contributed by atoms with E-state index in [1.54, 1.807) is 10.9 Å². The Morgan fingerprint density at radius 2 is 2.22 bits per heavy atom. The second-order valence-electron chi connectivity index (χ2n) is 4.49. The predicted molar refractivity (Wildman–Crippen MR) is 67.0 cm³/mol. The minimum absolute atomic E-state index is 0.0145. The average Bonchev–Trinajstić information content (AvgIpc) is 2.96. The van der Waals surface area contributed by atoms with Crippen molar-refractivity contribution in [3.05, 3.63) is 46.8 Å². The third-order valence-electron chi connectivity index (χ3n) is 3.44. The fourth-order valence-electron chi connectivity index (χ4n) is 2.26. The summed E-state index contributed by atoms with van der Waals surface area (Å²) in [6.07, 6.45) is 2.49. The van der Waals surface area contributed by atoms with E-state index in [2.05, 4.69) is 5.10 Å². The lowest BCUT2D eigenvalue weighted by Crippen LogP contribution is -2.05. The van der Waals surface area contributed by atoms with Crippen LogP contribution in [0.2, 0.25) is 0 Å². The van der Waals surface area contributed by atoms with Crippen LogP contribution in [0.25, 0.3) is 0 Å². The maximum Gasteiger partial charge on any atom is 0.200 e. The highest BCUT2D eigenvalue weighted by molar-refractivity contribution is 6.11. The summed E-state index contributed by atoms with van der Waals surface area (Å²) in [6, 6.07) is 5.74. The van der Waals surface area contributed by atoms with Crippen LogP contribution in [0.15, 0.2) is 24.4 Å². The summed E-state index contributed by atoms with van der Waals surface area (Å²) in [5.41, 5.74) is 3.26. The summed E-state index contributed by atoms with van der Waals surface area (Å²) < 4.78 is 7.28. The molecule has 3 rings (SSSR count). The number of fused-ring (bicyclic) bond motifs is 1. The molecule has 92 valence electrons. The number of ether oxygens (including phenoxy) is 1. The van der Waals surface area contributed by atoms with Crippen molar-refractivity contribution in [3.63, 3.8) is 0 Å². The zero-order valence-corrected chi connectivity index (χ0v) is 10.4. The van der Waals surface area contributed by atoms with E-state index in [1.807, 2.05) is 32.2 Å². The van der Waals surface area contributed by atoms with Gasteiger partial charge in [0.25, 0.3) is 0 Å². The SMILES string of the molecule is Cc1c(C(=O)c2cccc3c2OCC3)cnn1C. The van der Waals surface area contributed by atoms with Crippen molar-refractivity contribution in [2.75, 3.05) is 6.61 Å². The van der Waals surface area contributed by atoms with Crippen LogP contribution in [0.3, 0.4) is 0 Å². The first kappa shape index (κ1) is 11.0. The molecular formula is C14H14N2O2. The van der Waals surface area contributed by atoms with Crippen LogP contribution in [0.5, 0.6) is 5.75 Å². The minimum Gasteiger partial charge on any atom is -0.492 e. The lowest BCUT2D eigenvalue weighted by atomic mass is 10.0. The molecule has 1 aromatic heterocycles. The van der Waals surface area contributed by atoms with Gasteiger partial charge in [-0.05, 0) is 18.6 Å². The zero-order valence-electron chi connectivity index (χ0n) is 10.4. The Labute approximate surface area is 105 Å². The number of rotatable bonds is 2. The first-order chi connectivity index (χ1) is 8.68. The number of aromatic nitrogens is 2. The molecule has 0 spiro atoms. The maximum absolute atomic E-state index is 12.5. The molecule has 1 aromatic carbocycles. The summed E-state index contributed by atoms with van der Waals surface area (Å²) in [7, 11) is 1.83. The molecule has 1 aliphatic rings. The Bertz CT molecular complexity index is 629. The molecule has 0 bridgehead atoms. The molecule has 0 saturated heterocycles. The first-order valence-electron chi connectivity index (χ1n) is 5.96. The van der Waals surface area contributed by atoms with Crippen LogP contribution in [0, 0.1) is 6.92 Å². The lowest BCUT2D eigenvalue weighted by Gasteiger charge is -2.06. The second kappa shape index (κ2) is 3.98. The van der Waals surface area contributed by atoms with Gasteiger partial charge in [-0.2, -0.15) is 5.10 Å². The third kappa shape index (κ3) is 1.53. The smallest absolute Gasteiger partial charge is 0.200 e. The molecule has 4 heteroatoms. The van der Waals surface area contributed by atoms with E-state index in [1.165, 1.54) is 0 Å². The Morgan fingerprint density at radius 3 is 2.94 bits per heavy atom. The summed E-state index contributed by atoms with van der Waals surface area (Å²) in [5.74, 6) is 0.727. The molecule has 4 nitrogen and oxygen atoms in total. The van der Waals surface area contributed by atoms with Gasteiger partial charge in [-0.15, -0.1) is 0 Å². The van der Waals surface area contributed by atoms with Crippen molar-refractivity contribution in [2.24, 2.45) is 7.05 Å². The molecule has 0 fully saturated rings. The van der Waals surface area contributed by atoms with Crippen LogP contribution >= 0.6 is 0 Å². The highest BCUT2D eigenvalue weighted by atomic mass is 16.5. The highest BCUT2D eigenvalue weighted by Crippen LogP contribution is 2.31. The van der Waals surface area contributed by atoms with Gasteiger partial charge in [-0.3, -0.25) is 9.48 Å². The molecule has 18 heavy (non-hydrogen) atoms. The second-order valence-corrected chi connectivity index (χ2v) is 4.49. The Kier molecular flexibility index (Phi) is 2.44. The van der Waals surface area contributed by atoms with E-state index < -0.39 is 0 Å². The Balaban J connectivity index is 2.09. The number of hydrogen-bond donors (Lipinski definition) is 0. The van der Waals surface area contributed by atoms with E-state index in [0.29, 0.717) is 17.7 Å². The van der Waals surface area contributed by atoms with Crippen LogP contribution < -0.4 is 4.74 Å². The number of hydrogen-bond acceptors (Lipinski definition) is 3. The molecule has 0 amide bonds. The van der Waals surface area contributed by atoms with E-state index in [-0.39, 0.29) is 5.78 Å². The van der Waals surface area contributed by atoms with Gasteiger partial charge in [0.15, 0.2) is 5.78 Å². The zero-order chi connectivity index (χ0) is 12.7. The number of aryl methyl sites for hydroxylation is 1. The maximum atomic E-state index is 12.5. The number of benzene rings is 1. The van der Waals surface area contributed by atoms with Gasteiger partial charge < -0.3 is 4.74 Å². The summed E-state index contributed by atoms with van der Waals surface area (Å²) >= 11 is 0. The average molecular weight is 242 g/mol. The fourth-order valence-corrected chi connectivity index (χ4v) is 2.26. The van der Waals surface area contributed by atoms with Crippen molar-refractivity contribution >= 4 is 5.78 Å². The molecule has 0 unspecified atom stereocenters. The summed E-state index contributed by atoms with van der Waals surface area (Å²) in [6.45, 7) is 2.55. The van der Waals surface area contributed by atoms with Crippen LogP contribution in [0.4, 0.5) is 0 Å². The van der Waals surface area contributed by atoms with E-state index in [9.17, 15) is 4.79 Å². The van der Waals surface area contributed by atoms with Gasteiger partial charge in [0, 0.05) is 19.2 Å². The van der Waals surface area contributed by atoms with Crippen LogP contribution in [-0.4, -0.2) is 22.2 Å². The number of carbonyl (C=O) groups is 1. The first-order valence-corrected chi connectivity index (χ1v) is 5.96. The van der Waals surface area contributed by atoms with Gasteiger partial charge in [-0.1, -0.05) is 12.1 Å². The molecule has 0 atom stereocenters. The van der Waals surface area contributed by atoms with Gasteiger partial charge in [0.1, 0.15) is 5.75 Å². The monoisotopic (exact) mass is 242 g/mol.